The van der Waals surface area contributed by atoms with Gasteiger partial charge < -0.3 is 14.9 Å². The Kier molecular flexibility index (Phi) is 3.38. The molecule has 1 aromatic heterocycles. The van der Waals surface area contributed by atoms with Gasteiger partial charge in [0.15, 0.2) is 5.82 Å². The lowest BCUT2D eigenvalue weighted by molar-refractivity contribution is -0.0461. The van der Waals surface area contributed by atoms with Gasteiger partial charge >= 0.3 is 5.69 Å². The van der Waals surface area contributed by atoms with E-state index in [4.69, 9.17) is 9.84 Å². The highest BCUT2D eigenvalue weighted by molar-refractivity contribution is 7.71. The fourth-order valence-electron chi connectivity index (χ4n) is 1.72. The molecule has 0 radical (unpaired) electrons. The van der Waals surface area contributed by atoms with E-state index in [1.54, 1.807) is 0 Å². The van der Waals surface area contributed by atoms with Crippen molar-refractivity contribution in [2.75, 3.05) is 6.61 Å². The maximum atomic E-state index is 13.2. The second kappa shape index (κ2) is 4.65. The molecule has 1 aliphatic rings. The topological polar surface area (TPSA) is 87.5 Å². The predicted molar refractivity (Wildman–Crippen MR) is 57.5 cm³/mol. The number of aromatic nitrogens is 2. The van der Waals surface area contributed by atoms with Crippen LogP contribution < -0.4 is 5.69 Å². The lowest BCUT2D eigenvalue weighted by Crippen LogP contribution is -2.28. The van der Waals surface area contributed by atoms with Crippen LogP contribution in [0.5, 0.6) is 0 Å². The van der Waals surface area contributed by atoms with Crippen LogP contribution in [0.1, 0.15) is 12.6 Å². The van der Waals surface area contributed by atoms with Gasteiger partial charge in [-0.1, -0.05) is 12.2 Å². The number of aromatic amines is 1. The predicted octanol–water partition coefficient (Wildman–Crippen LogP) is -0.314. The summed E-state index contributed by atoms with van der Waals surface area (Å²) in [6.07, 6.45) is -1.43. The monoisotopic (exact) mass is 262 g/mol. The lowest BCUT2D eigenvalue weighted by atomic mass is 10.2. The second-order valence-electron chi connectivity index (χ2n) is 3.76. The van der Waals surface area contributed by atoms with Gasteiger partial charge in [-0.05, 0) is 0 Å². The zero-order chi connectivity index (χ0) is 12.6. The van der Waals surface area contributed by atoms with Gasteiger partial charge in [0.1, 0.15) is 17.0 Å². The number of nitrogens with one attached hydrogen (secondary N) is 1. The molecule has 3 N–H and O–H groups in total. The van der Waals surface area contributed by atoms with Gasteiger partial charge in [-0.2, -0.15) is 0 Å². The van der Waals surface area contributed by atoms with E-state index in [1.165, 1.54) is 0 Å². The van der Waals surface area contributed by atoms with Crippen molar-refractivity contribution in [3.63, 3.8) is 0 Å². The Hall–Kier alpha value is -1.09. The highest BCUT2D eigenvalue weighted by Crippen LogP contribution is 2.27. The highest BCUT2D eigenvalue weighted by Gasteiger charge is 2.35. The van der Waals surface area contributed by atoms with Crippen molar-refractivity contribution in [2.24, 2.45) is 0 Å². The van der Waals surface area contributed by atoms with E-state index in [2.05, 4.69) is 17.2 Å². The first-order valence-corrected chi connectivity index (χ1v) is 5.39. The number of hydrogen-bond acceptors (Lipinski definition) is 5. The molecule has 1 saturated heterocycles. The Balaban J connectivity index is 2.34. The molecule has 94 valence electrons. The molecule has 1 aliphatic heterocycles. The fraction of sp³-hybridized carbons (Fsp3) is 0.556. The molecule has 0 aliphatic carbocycles. The number of halogens is 1. The zero-order valence-corrected chi connectivity index (χ0v) is 9.48. The summed E-state index contributed by atoms with van der Waals surface area (Å²) in [5.41, 5.74) is -0.618. The maximum absolute atomic E-state index is 13.2. The van der Waals surface area contributed by atoms with Crippen molar-refractivity contribution in [3.05, 3.63) is 27.1 Å². The quantitative estimate of drug-likeness (QED) is 0.636. The summed E-state index contributed by atoms with van der Waals surface area (Å²) in [7, 11) is 0. The Labute approximate surface area is 100 Å². The molecule has 8 heteroatoms. The zero-order valence-electron chi connectivity index (χ0n) is 8.67. The van der Waals surface area contributed by atoms with Crippen LogP contribution in [0.4, 0.5) is 4.39 Å². The fourth-order valence-corrected chi connectivity index (χ4v) is 1.86. The number of aliphatic hydroxyl groups is 2. The minimum absolute atomic E-state index is 0.106. The number of aliphatic hydroxyl groups excluding tert-OH is 2. The third kappa shape index (κ3) is 2.29. The number of nitrogens with zero attached hydrogens (tertiary/aromatic N) is 1. The molecule has 1 fully saturated rings. The van der Waals surface area contributed by atoms with Gasteiger partial charge in [-0.3, -0.25) is 9.55 Å². The van der Waals surface area contributed by atoms with Crippen LogP contribution in [0, 0.1) is 10.5 Å². The Morgan fingerprint density at radius 1 is 1.71 bits per heavy atom. The largest absolute Gasteiger partial charge is 0.394 e. The van der Waals surface area contributed by atoms with Crippen molar-refractivity contribution in [2.45, 2.75) is 24.9 Å². The molecule has 0 bridgehead atoms. The minimum Gasteiger partial charge on any atom is -0.394 e. The van der Waals surface area contributed by atoms with Crippen molar-refractivity contribution < 1.29 is 19.3 Å². The average Bonchev–Trinajstić information content (AvgIpc) is 2.65. The SMILES string of the molecule is O=c1[nH]c(=S)c(F)cn1[C@@H]1C[C@@H](O)[C@H](CO)O1. The van der Waals surface area contributed by atoms with Crippen LogP contribution in [0.3, 0.4) is 0 Å². The van der Waals surface area contributed by atoms with E-state index in [9.17, 15) is 14.3 Å². The molecule has 1 aromatic rings. The normalized spacial score (nSPS) is 28.5. The smallest absolute Gasteiger partial charge is 0.328 e. The van der Waals surface area contributed by atoms with Crippen molar-refractivity contribution in [1.82, 2.24) is 9.55 Å². The van der Waals surface area contributed by atoms with Crippen LogP contribution in [0.15, 0.2) is 11.0 Å². The molecular formula is C9H11FN2O4S. The maximum Gasteiger partial charge on any atom is 0.328 e. The summed E-state index contributed by atoms with van der Waals surface area (Å²) in [5, 5.41) is 18.4. The Bertz CT molecular complexity index is 528. The van der Waals surface area contributed by atoms with Gasteiger partial charge in [-0.25, -0.2) is 9.18 Å². The minimum atomic E-state index is -0.886. The molecule has 2 rings (SSSR count). The van der Waals surface area contributed by atoms with Crippen LogP contribution in [-0.4, -0.2) is 38.6 Å². The summed E-state index contributed by atoms with van der Waals surface area (Å²) >= 11 is 4.57. The van der Waals surface area contributed by atoms with Gasteiger partial charge in [0, 0.05) is 6.42 Å². The van der Waals surface area contributed by atoms with Crippen molar-refractivity contribution in [3.8, 4) is 0 Å². The number of ether oxygens (including phenoxy) is 1. The molecule has 0 amide bonds. The summed E-state index contributed by atoms with van der Waals surface area (Å²) in [4.78, 5) is 13.7. The van der Waals surface area contributed by atoms with E-state index < -0.39 is 29.9 Å². The van der Waals surface area contributed by atoms with E-state index in [0.29, 0.717) is 0 Å². The number of hydrogen-bond donors (Lipinski definition) is 3. The average molecular weight is 262 g/mol. The first kappa shape index (κ1) is 12.4. The molecule has 17 heavy (non-hydrogen) atoms. The first-order valence-electron chi connectivity index (χ1n) is 4.98. The van der Waals surface area contributed by atoms with E-state index >= 15 is 0 Å². The van der Waals surface area contributed by atoms with Gasteiger partial charge in [0.2, 0.25) is 0 Å². The van der Waals surface area contributed by atoms with Crippen LogP contribution in [0.25, 0.3) is 0 Å². The molecule has 6 nitrogen and oxygen atoms in total. The first-order chi connectivity index (χ1) is 8.02. The van der Waals surface area contributed by atoms with Crippen LogP contribution >= 0.6 is 12.2 Å². The standard InChI is InChI=1S/C9H11FN2O4S/c10-4-2-12(9(15)11-8(4)17)7-1-5(14)6(3-13)16-7/h2,5-7,13-14H,1,3H2,(H,11,15,17)/t5-,6+,7+/m1/s1. The molecule has 0 saturated carbocycles. The number of rotatable bonds is 2. The molecule has 0 aromatic carbocycles. The van der Waals surface area contributed by atoms with Crippen molar-refractivity contribution in [1.29, 1.82) is 0 Å². The van der Waals surface area contributed by atoms with E-state index in [1.807, 2.05) is 0 Å². The van der Waals surface area contributed by atoms with Crippen LogP contribution in [-0.2, 0) is 4.74 Å². The molecule has 0 unspecified atom stereocenters. The molecular weight excluding hydrogens is 251 g/mol. The highest BCUT2D eigenvalue weighted by atomic mass is 32.1. The third-order valence-corrected chi connectivity index (χ3v) is 2.92. The second-order valence-corrected chi connectivity index (χ2v) is 4.17. The Morgan fingerprint density at radius 3 is 3.00 bits per heavy atom. The number of H-pyrrole nitrogens is 1. The summed E-state index contributed by atoms with van der Waals surface area (Å²) in [6, 6.07) is 0. The summed E-state index contributed by atoms with van der Waals surface area (Å²) in [6.45, 7) is -0.363. The van der Waals surface area contributed by atoms with Crippen molar-refractivity contribution >= 4 is 12.2 Å². The Morgan fingerprint density at radius 2 is 2.41 bits per heavy atom. The lowest BCUT2D eigenvalue weighted by Gasteiger charge is -2.14. The van der Waals surface area contributed by atoms with E-state index in [-0.39, 0.29) is 17.7 Å². The van der Waals surface area contributed by atoms with Gasteiger partial charge in [0.05, 0.1) is 18.9 Å². The van der Waals surface area contributed by atoms with Crippen LogP contribution in [0.2, 0.25) is 0 Å². The molecule has 3 atom stereocenters. The third-order valence-electron chi connectivity index (χ3n) is 2.62. The summed E-state index contributed by atoms with van der Waals surface area (Å²) in [5.74, 6) is -0.745. The van der Waals surface area contributed by atoms with E-state index in [0.717, 1.165) is 10.8 Å². The van der Waals surface area contributed by atoms with Gasteiger partial charge in [0.25, 0.3) is 0 Å². The molecule has 2 heterocycles. The van der Waals surface area contributed by atoms with Gasteiger partial charge in [-0.15, -0.1) is 0 Å². The molecule has 0 spiro atoms. The summed E-state index contributed by atoms with van der Waals surface area (Å²) < 4.78 is 19.2.